The predicted molar refractivity (Wildman–Crippen MR) is 92.0 cm³/mol. The zero-order valence-corrected chi connectivity index (χ0v) is 14.2. The van der Waals surface area contributed by atoms with Crippen molar-refractivity contribution < 1.29 is 4.79 Å². The summed E-state index contributed by atoms with van der Waals surface area (Å²) in [6, 6.07) is 10.5. The van der Waals surface area contributed by atoms with Crippen LogP contribution in [-0.4, -0.2) is 41.4 Å². The van der Waals surface area contributed by atoms with Gasteiger partial charge in [0, 0.05) is 32.2 Å². The second-order valence-corrected chi connectivity index (χ2v) is 7.72. The molecule has 5 rings (SSSR count). The fraction of sp³-hybridized carbons (Fsp3) is 0.600. The summed E-state index contributed by atoms with van der Waals surface area (Å²) in [6.07, 6.45) is 6.12. The Labute approximate surface area is 144 Å². The van der Waals surface area contributed by atoms with Gasteiger partial charge in [-0.25, -0.2) is 0 Å². The summed E-state index contributed by atoms with van der Waals surface area (Å²) >= 11 is 0. The third-order valence-corrected chi connectivity index (χ3v) is 6.01. The molecule has 3 saturated heterocycles. The first-order chi connectivity index (χ1) is 11.7. The van der Waals surface area contributed by atoms with Gasteiger partial charge in [0.1, 0.15) is 0 Å². The van der Waals surface area contributed by atoms with Crippen LogP contribution in [0.5, 0.6) is 0 Å². The number of carbonyl (C=O) groups excluding carboxylic acids is 1. The van der Waals surface area contributed by atoms with Crippen LogP contribution in [0.3, 0.4) is 0 Å². The number of nitriles is 1. The topological polar surface area (TPSA) is 47.3 Å². The molecule has 1 aliphatic carbocycles. The van der Waals surface area contributed by atoms with E-state index in [1.54, 1.807) is 0 Å². The van der Waals surface area contributed by atoms with E-state index in [-0.39, 0.29) is 5.92 Å². The van der Waals surface area contributed by atoms with Gasteiger partial charge in [-0.05, 0) is 49.3 Å². The Morgan fingerprint density at radius 3 is 2.79 bits per heavy atom. The quantitative estimate of drug-likeness (QED) is 0.856. The average molecular weight is 323 g/mol. The number of rotatable bonds is 4. The zero-order chi connectivity index (χ0) is 16.5. The molecule has 0 N–H and O–H groups in total. The summed E-state index contributed by atoms with van der Waals surface area (Å²) in [5.74, 6) is 1.31. The van der Waals surface area contributed by atoms with E-state index in [0.717, 1.165) is 44.9 Å². The normalized spacial score (nSPS) is 27.6. The van der Waals surface area contributed by atoms with Crippen LogP contribution in [0.4, 0.5) is 0 Å². The van der Waals surface area contributed by atoms with Crippen molar-refractivity contribution in [3.05, 3.63) is 35.4 Å². The zero-order valence-electron chi connectivity index (χ0n) is 14.2. The molecule has 0 spiro atoms. The van der Waals surface area contributed by atoms with Crippen molar-refractivity contribution in [3.8, 4) is 6.07 Å². The highest BCUT2D eigenvalue weighted by Gasteiger charge is 2.41. The molecule has 3 heterocycles. The SMILES string of the molecule is N#Cc1cccc(CN2C[C@H]3CC[C@@H](C2)N(CC2CCC2)C3=O)c1. The molecule has 1 aromatic rings. The minimum Gasteiger partial charge on any atom is -0.338 e. The number of hydrogen-bond donors (Lipinski definition) is 0. The van der Waals surface area contributed by atoms with E-state index < -0.39 is 0 Å². The predicted octanol–water partition coefficient (Wildman–Crippen LogP) is 2.78. The van der Waals surface area contributed by atoms with Crippen LogP contribution >= 0.6 is 0 Å². The maximum atomic E-state index is 12.8. The van der Waals surface area contributed by atoms with Crippen molar-refractivity contribution >= 4 is 5.91 Å². The van der Waals surface area contributed by atoms with Crippen LogP contribution in [0.15, 0.2) is 24.3 Å². The first-order valence-corrected chi connectivity index (χ1v) is 9.25. The lowest BCUT2D eigenvalue weighted by Crippen LogP contribution is -2.50. The molecule has 0 aromatic heterocycles. The lowest BCUT2D eigenvalue weighted by molar-refractivity contribution is -0.141. The lowest BCUT2D eigenvalue weighted by Gasteiger charge is -2.40. The van der Waals surface area contributed by atoms with Gasteiger partial charge in [-0.2, -0.15) is 5.26 Å². The molecule has 4 aliphatic rings. The number of hydrogen-bond acceptors (Lipinski definition) is 3. The Kier molecular flexibility index (Phi) is 4.28. The Bertz CT molecular complexity index is 661. The monoisotopic (exact) mass is 323 g/mol. The molecule has 1 aromatic carbocycles. The van der Waals surface area contributed by atoms with Gasteiger partial charge in [0.25, 0.3) is 0 Å². The van der Waals surface area contributed by atoms with Crippen LogP contribution in [-0.2, 0) is 11.3 Å². The molecule has 2 bridgehead atoms. The van der Waals surface area contributed by atoms with Gasteiger partial charge < -0.3 is 4.90 Å². The van der Waals surface area contributed by atoms with Gasteiger partial charge in [-0.15, -0.1) is 0 Å². The van der Waals surface area contributed by atoms with Gasteiger partial charge in [0.15, 0.2) is 0 Å². The fourth-order valence-electron chi connectivity index (χ4n) is 4.45. The molecule has 126 valence electrons. The molecule has 4 fully saturated rings. The van der Waals surface area contributed by atoms with Gasteiger partial charge in [-0.1, -0.05) is 18.6 Å². The lowest BCUT2D eigenvalue weighted by atomic mass is 9.83. The smallest absolute Gasteiger partial charge is 0.227 e. The summed E-state index contributed by atoms with van der Waals surface area (Å²) in [7, 11) is 0. The Hall–Kier alpha value is -1.86. The summed E-state index contributed by atoms with van der Waals surface area (Å²) in [6.45, 7) is 3.67. The molecule has 0 radical (unpaired) electrons. The molecule has 2 atom stereocenters. The standard InChI is InChI=1S/C20H25N3O/c21-10-16-5-2-6-17(9-16)11-22-13-18-7-8-19(14-22)23(20(18)24)12-15-3-1-4-15/h2,5-6,9,15,18-19H,1,3-4,7-8,11-14H2/t18-,19+/m1/s1. The molecule has 4 nitrogen and oxygen atoms in total. The number of amides is 1. The van der Waals surface area contributed by atoms with Gasteiger partial charge in [0.2, 0.25) is 5.91 Å². The van der Waals surface area contributed by atoms with E-state index >= 15 is 0 Å². The number of fused-ring (bicyclic) bond motifs is 4. The molecule has 0 unspecified atom stereocenters. The first kappa shape index (κ1) is 15.7. The van der Waals surface area contributed by atoms with Crippen molar-refractivity contribution in [1.29, 1.82) is 5.26 Å². The van der Waals surface area contributed by atoms with E-state index in [0.29, 0.717) is 17.5 Å². The molecule has 24 heavy (non-hydrogen) atoms. The Balaban J connectivity index is 1.47. The molecule has 1 amide bonds. The van der Waals surface area contributed by atoms with E-state index in [1.807, 2.05) is 18.2 Å². The molecule has 4 heteroatoms. The summed E-state index contributed by atoms with van der Waals surface area (Å²) < 4.78 is 0. The largest absolute Gasteiger partial charge is 0.338 e. The first-order valence-electron chi connectivity index (χ1n) is 9.25. The van der Waals surface area contributed by atoms with E-state index in [4.69, 9.17) is 5.26 Å². The van der Waals surface area contributed by atoms with Crippen LogP contribution in [0.25, 0.3) is 0 Å². The number of carbonyl (C=O) groups is 1. The highest BCUT2D eigenvalue weighted by molar-refractivity contribution is 5.80. The Morgan fingerprint density at radius 1 is 1.17 bits per heavy atom. The summed E-state index contributed by atoms with van der Waals surface area (Å²) in [5.41, 5.74) is 1.89. The van der Waals surface area contributed by atoms with Crippen molar-refractivity contribution in [3.63, 3.8) is 0 Å². The minimum atomic E-state index is 0.169. The fourth-order valence-corrected chi connectivity index (χ4v) is 4.45. The summed E-state index contributed by atoms with van der Waals surface area (Å²) in [4.78, 5) is 17.5. The number of nitrogens with zero attached hydrogens (tertiary/aromatic N) is 3. The highest BCUT2D eigenvalue weighted by atomic mass is 16.2. The van der Waals surface area contributed by atoms with Gasteiger partial charge >= 0.3 is 0 Å². The second kappa shape index (κ2) is 6.57. The Morgan fingerprint density at radius 2 is 2.04 bits per heavy atom. The minimum absolute atomic E-state index is 0.169. The van der Waals surface area contributed by atoms with Crippen LogP contribution in [0.1, 0.15) is 43.2 Å². The van der Waals surface area contributed by atoms with Crippen molar-refractivity contribution in [2.75, 3.05) is 19.6 Å². The summed E-state index contributed by atoms with van der Waals surface area (Å²) in [5, 5.41) is 9.07. The number of piperidine rings is 1. The van der Waals surface area contributed by atoms with Gasteiger partial charge in [-0.3, -0.25) is 9.69 Å². The maximum Gasteiger partial charge on any atom is 0.227 e. The molecular weight excluding hydrogens is 298 g/mol. The van der Waals surface area contributed by atoms with Gasteiger partial charge in [0.05, 0.1) is 17.6 Å². The van der Waals surface area contributed by atoms with Crippen LogP contribution in [0.2, 0.25) is 0 Å². The third kappa shape index (κ3) is 3.06. The highest BCUT2D eigenvalue weighted by Crippen LogP contribution is 2.34. The van der Waals surface area contributed by atoms with Crippen LogP contribution in [0, 0.1) is 23.2 Å². The van der Waals surface area contributed by atoms with Crippen molar-refractivity contribution in [2.24, 2.45) is 11.8 Å². The van der Waals surface area contributed by atoms with E-state index in [2.05, 4.69) is 21.9 Å². The molecule has 3 aliphatic heterocycles. The second-order valence-electron chi connectivity index (χ2n) is 7.72. The van der Waals surface area contributed by atoms with E-state index in [1.165, 1.54) is 24.8 Å². The third-order valence-electron chi connectivity index (χ3n) is 6.01. The van der Waals surface area contributed by atoms with E-state index in [9.17, 15) is 4.79 Å². The van der Waals surface area contributed by atoms with Crippen molar-refractivity contribution in [2.45, 2.75) is 44.7 Å². The van der Waals surface area contributed by atoms with Crippen LogP contribution < -0.4 is 0 Å². The molecular formula is C20H25N3O. The van der Waals surface area contributed by atoms with Crippen molar-refractivity contribution in [1.82, 2.24) is 9.80 Å². The number of benzene rings is 1. The average Bonchev–Trinajstić information content (AvgIpc) is 2.82. The molecule has 1 saturated carbocycles. The maximum absolute atomic E-state index is 12.8.